The lowest BCUT2D eigenvalue weighted by molar-refractivity contribution is 0.0697. The van der Waals surface area contributed by atoms with Gasteiger partial charge in [-0.15, -0.1) is 11.3 Å². The third-order valence-corrected chi connectivity index (χ3v) is 4.30. The van der Waals surface area contributed by atoms with Crippen molar-refractivity contribution in [1.29, 1.82) is 0 Å². The molecule has 20 heavy (non-hydrogen) atoms. The fraction of sp³-hybridized carbons (Fsp3) is 0.143. The predicted molar refractivity (Wildman–Crippen MR) is 77.7 cm³/mol. The number of nitrogens with one attached hydrogen (secondary N) is 1. The summed E-state index contributed by atoms with van der Waals surface area (Å²) in [5.41, 5.74) is 2.35. The van der Waals surface area contributed by atoms with Crippen molar-refractivity contribution in [3.8, 4) is 0 Å². The second-order valence-electron chi connectivity index (χ2n) is 4.58. The highest BCUT2D eigenvalue weighted by Gasteiger charge is 2.11. The Bertz CT molecular complexity index is 857. The van der Waals surface area contributed by atoms with Crippen LogP contribution in [0.2, 0.25) is 0 Å². The Hall–Kier alpha value is -2.34. The van der Waals surface area contributed by atoms with E-state index < -0.39 is 5.97 Å². The predicted octanol–water partition coefficient (Wildman–Crippen LogP) is 2.45. The van der Waals surface area contributed by atoms with Gasteiger partial charge < -0.3 is 10.1 Å². The van der Waals surface area contributed by atoms with Crippen molar-refractivity contribution in [2.24, 2.45) is 0 Å². The van der Waals surface area contributed by atoms with Crippen LogP contribution in [0.25, 0.3) is 11.0 Å². The van der Waals surface area contributed by atoms with Crippen LogP contribution in [0.5, 0.6) is 0 Å². The fourth-order valence-corrected chi connectivity index (χ4v) is 3.06. The molecular weight excluding hydrogens is 276 g/mol. The molecule has 0 aliphatic rings. The molecule has 0 aliphatic heterocycles. The number of aryl methyl sites for hydroxylation is 1. The topological polar surface area (TPSA) is 75.1 Å². The van der Waals surface area contributed by atoms with Crippen LogP contribution in [-0.4, -0.2) is 20.6 Å². The number of fused-ring (bicyclic) bond motifs is 1. The van der Waals surface area contributed by atoms with E-state index in [0.717, 1.165) is 10.4 Å². The SMILES string of the molecule is Cc1ccsc1Cn1c(=O)[nH]c2cc(C(=O)O)ccc21. The van der Waals surface area contributed by atoms with Crippen molar-refractivity contribution in [1.82, 2.24) is 9.55 Å². The molecule has 1 aromatic carbocycles. The average Bonchev–Trinajstić information content (AvgIpc) is 2.94. The lowest BCUT2D eigenvalue weighted by Crippen LogP contribution is -2.17. The molecule has 5 nitrogen and oxygen atoms in total. The van der Waals surface area contributed by atoms with Gasteiger partial charge in [-0.1, -0.05) is 0 Å². The molecule has 0 atom stereocenters. The third kappa shape index (κ3) is 2.04. The van der Waals surface area contributed by atoms with Gasteiger partial charge in [-0.2, -0.15) is 0 Å². The van der Waals surface area contributed by atoms with E-state index in [9.17, 15) is 9.59 Å². The molecule has 2 N–H and O–H groups in total. The number of aromatic carboxylic acids is 1. The van der Waals surface area contributed by atoms with Crippen LogP contribution in [0.3, 0.4) is 0 Å². The van der Waals surface area contributed by atoms with Gasteiger partial charge in [0.15, 0.2) is 0 Å². The molecule has 102 valence electrons. The summed E-state index contributed by atoms with van der Waals surface area (Å²) in [6, 6.07) is 6.68. The molecular formula is C14H12N2O3S. The third-order valence-electron chi connectivity index (χ3n) is 3.29. The number of imidazole rings is 1. The number of aromatic amines is 1. The minimum Gasteiger partial charge on any atom is -0.478 e. The maximum absolute atomic E-state index is 12.0. The number of aromatic nitrogens is 2. The molecule has 0 saturated carbocycles. The molecule has 0 bridgehead atoms. The molecule has 0 fully saturated rings. The van der Waals surface area contributed by atoms with Crippen molar-refractivity contribution in [3.05, 3.63) is 56.1 Å². The zero-order valence-electron chi connectivity index (χ0n) is 10.7. The molecule has 0 saturated heterocycles. The van der Waals surface area contributed by atoms with Gasteiger partial charge in [-0.25, -0.2) is 9.59 Å². The lowest BCUT2D eigenvalue weighted by atomic mass is 10.2. The number of thiophene rings is 1. The van der Waals surface area contributed by atoms with Gasteiger partial charge in [-0.3, -0.25) is 4.57 Å². The monoisotopic (exact) mass is 288 g/mol. The highest BCUT2D eigenvalue weighted by Crippen LogP contribution is 2.19. The number of benzene rings is 1. The number of carbonyl (C=O) groups is 1. The summed E-state index contributed by atoms with van der Waals surface area (Å²) in [5, 5.41) is 11.0. The average molecular weight is 288 g/mol. The Morgan fingerprint density at radius 2 is 2.20 bits per heavy atom. The first-order chi connectivity index (χ1) is 9.56. The van der Waals surface area contributed by atoms with Gasteiger partial charge in [0.1, 0.15) is 0 Å². The van der Waals surface area contributed by atoms with Crippen molar-refractivity contribution in [3.63, 3.8) is 0 Å². The van der Waals surface area contributed by atoms with E-state index in [-0.39, 0.29) is 11.3 Å². The standard InChI is InChI=1S/C14H12N2O3S/c1-8-4-5-20-12(8)7-16-11-3-2-9(13(17)18)6-10(11)15-14(16)19/h2-6H,7H2,1H3,(H,15,19)(H,17,18). The summed E-state index contributed by atoms with van der Waals surface area (Å²) in [6.45, 7) is 2.50. The first-order valence-electron chi connectivity index (χ1n) is 6.05. The summed E-state index contributed by atoms with van der Waals surface area (Å²) in [5.74, 6) is -1.00. The minimum atomic E-state index is -1.00. The van der Waals surface area contributed by atoms with Gasteiger partial charge in [-0.05, 0) is 42.1 Å². The number of carboxylic acid groups (broad SMARTS) is 1. The number of rotatable bonds is 3. The van der Waals surface area contributed by atoms with Gasteiger partial charge in [0.05, 0.1) is 23.1 Å². The first-order valence-corrected chi connectivity index (χ1v) is 6.93. The van der Waals surface area contributed by atoms with Gasteiger partial charge in [0.25, 0.3) is 0 Å². The summed E-state index contributed by atoms with van der Waals surface area (Å²) in [6.07, 6.45) is 0. The molecule has 0 unspecified atom stereocenters. The van der Waals surface area contributed by atoms with E-state index >= 15 is 0 Å². The van der Waals surface area contributed by atoms with E-state index in [1.54, 1.807) is 22.0 Å². The molecule has 0 aliphatic carbocycles. The van der Waals surface area contributed by atoms with Crippen LogP contribution < -0.4 is 5.69 Å². The van der Waals surface area contributed by atoms with E-state index in [2.05, 4.69) is 4.98 Å². The van der Waals surface area contributed by atoms with E-state index in [4.69, 9.17) is 5.11 Å². The molecule has 0 amide bonds. The quantitative estimate of drug-likeness (QED) is 0.777. The normalized spacial score (nSPS) is 11.1. The fourth-order valence-electron chi connectivity index (χ4n) is 2.16. The molecule has 0 radical (unpaired) electrons. The first kappa shape index (κ1) is 12.7. The van der Waals surface area contributed by atoms with Crippen molar-refractivity contribution >= 4 is 28.3 Å². The van der Waals surface area contributed by atoms with E-state index in [0.29, 0.717) is 17.6 Å². The summed E-state index contributed by atoms with van der Waals surface area (Å²) in [4.78, 5) is 26.8. The van der Waals surface area contributed by atoms with Crippen LogP contribution in [-0.2, 0) is 6.54 Å². The van der Waals surface area contributed by atoms with Gasteiger partial charge in [0.2, 0.25) is 0 Å². The molecule has 2 heterocycles. The molecule has 3 rings (SSSR count). The van der Waals surface area contributed by atoms with Crippen LogP contribution in [0.4, 0.5) is 0 Å². The number of hydrogen-bond acceptors (Lipinski definition) is 3. The summed E-state index contributed by atoms with van der Waals surface area (Å²) in [7, 11) is 0. The van der Waals surface area contributed by atoms with Crippen molar-refractivity contribution in [2.75, 3.05) is 0 Å². The van der Waals surface area contributed by atoms with Gasteiger partial charge >= 0.3 is 11.7 Å². The Kier molecular flexibility index (Phi) is 2.94. The summed E-state index contributed by atoms with van der Waals surface area (Å²) < 4.78 is 1.62. The zero-order chi connectivity index (χ0) is 14.3. The molecule has 0 spiro atoms. The molecule has 6 heteroatoms. The van der Waals surface area contributed by atoms with Crippen LogP contribution in [0, 0.1) is 6.92 Å². The second-order valence-corrected chi connectivity index (χ2v) is 5.58. The largest absolute Gasteiger partial charge is 0.478 e. The van der Waals surface area contributed by atoms with Crippen molar-refractivity contribution < 1.29 is 9.90 Å². The Morgan fingerprint density at radius 1 is 1.40 bits per heavy atom. The van der Waals surface area contributed by atoms with E-state index in [1.807, 2.05) is 18.4 Å². The molecule has 3 aromatic rings. The second kappa shape index (κ2) is 4.64. The number of hydrogen-bond donors (Lipinski definition) is 2. The van der Waals surface area contributed by atoms with Crippen LogP contribution in [0.15, 0.2) is 34.4 Å². The maximum Gasteiger partial charge on any atom is 0.335 e. The zero-order valence-corrected chi connectivity index (χ0v) is 11.5. The smallest absolute Gasteiger partial charge is 0.335 e. The minimum absolute atomic E-state index is 0.165. The van der Waals surface area contributed by atoms with Crippen LogP contribution in [0.1, 0.15) is 20.8 Å². The Morgan fingerprint density at radius 3 is 2.85 bits per heavy atom. The highest BCUT2D eigenvalue weighted by atomic mass is 32.1. The molecule has 2 aromatic heterocycles. The number of carboxylic acids is 1. The summed E-state index contributed by atoms with van der Waals surface area (Å²) >= 11 is 1.61. The Balaban J connectivity index is 2.12. The van der Waals surface area contributed by atoms with Gasteiger partial charge in [0, 0.05) is 4.88 Å². The lowest BCUT2D eigenvalue weighted by Gasteiger charge is -2.03. The highest BCUT2D eigenvalue weighted by molar-refractivity contribution is 7.10. The van der Waals surface area contributed by atoms with E-state index in [1.165, 1.54) is 12.1 Å². The Labute approximate surface area is 118 Å². The maximum atomic E-state index is 12.0. The van der Waals surface area contributed by atoms with Crippen molar-refractivity contribution in [2.45, 2.75) is 13.5 Å². The number of H-pyrrole nitrogens is 1. The number of nitrogens with zero attached hydrogens (tertiary/aromatic N) is 1. The van der Waals surface area contributed by atoms with Crippen LogP contribution >= 0.6 is 11.3 Å².